The van der Waals surface area contributed by atoms with Gasteiger partial charge in [-0.25, -0.2) is 9.79 Å². The molecule has 1 aliphatic rings. The van der Waals surface area contributed by atoms with Gasteiger partial charge in [-0.05, 0) is 12.2 Å². The number of hydrogen-bond donors (Lipinski definition) is 3. The first-order valence-electron chi connectivity index (χ1n) is 3.89. The Morgan fingerprint density at radius 2 is 2.20 bits per heavy atom. The summed E-state index contributed by atoms with van der Waals surface area (Å²) in [6, 6.07) is 0. The summed E-state index contributed by atoms with van der Waals surface area (Å²) in [6.07, 6.45) is 0.337. The Morgan fingerprint density at radius 1 is 1.60 bits per heavy atom. The molecule has 82 valence electrons. The second-order valence-electron chi connectivity index (χ2n) is 2.90. The van der Waals surface area contributed by atoms with Crippen molar-refractivity contribution in [1.29, 1.82) is 0 Å². The van der Waals surface area contributed by atoms with Gasteiger partial charge in [-0.2, -0.15) is 0 Å². The van der Waals surface area contributed by atoms with E-state index in [-0.39, 0.29) is 11.7 Å². The van der Waals surface area contributed by atoms with Crippen LogP contribution in [0.5, 0.6) is 0 Å². The number of aliphatic carboxylic acids is 2. The zero-order valence-electron chi connectivity index (χ0n) is 7.45. The average Bonchev–Trinajstić information content (AvgIpc) is 2.49. The van der Waals surface area contributed by atoms with Crippen molar-refractivity contribution < 1.29 is 24.9 Å². The Morgan fingerprint density at radius 3 is 2.53 bits per heavy atom. The Hall–Kier alpha value is -1.54. The fourth-order valence-corrected chi connectivity index (χ4v) is 1.46. The Labute approximate surface area is 89.6 Å². The molecule has 0 aliphatic carbocycles. The molecule has 0 aromatic rings. The normalized spacial score (nSPS) is 19.0. The van der Waals surface area contributed by atoms with Gasteiger partial charge in [0.2, 0.25) is 0 Å². The van der Waals surface area contributed by atoms with Gasteiger partial charge in [-0.1, -0.05) is 0 Å². The van der Waals surface area contributed by atoms with E-state index in [0.29, 0.717) is 0 Å². The van der Waals surface area contributed by atoms with E-state index in [1.807, 2.05) is 0 Å². The molecule has 0 fully saturated rings. The number of nitrogens with zero attached hydrogens (tertiary/aromatic N) is 2. The van der Waals surface area contributed by atoms with Crippen molar-refractivity contribution in [1.82, 2.24) is 4.90 Å². The molecule has 1 aliphatic heterocycles. The summed E-state index contributed by atoms with van der Waals surface area (Å²) in [6.45, 7) is -0.0189. The summed E-state index contributed by atoms with van der Waals surface area (Å²) >= 11 is 4.67. The van der Waals surface area contributed by atoms with Gasteiger partial charge in [-0.15, -0.1) is 0 Å². The molecule has 1 heterocycles. The van der Waals surface area contributed by atoms with Crippen LogP contribution in [0.4, 0.5) is 0 Å². The maximum Gasteiger partial charge on any atom is 0.358 e. The van der Waals surface area contributed by atoms with Crippen LogP contribution in [0.1, 0.15) is 6.42 Å². The maximum atomic E-state index is 10.8. The van der Waals surface area contributed by atoms with Gasteiger partial charge < -0.3 is 20.2 Å². The van der Waals surface area contributed by atoms with E-state index in [1.54, 1.807) is 0 Å². The second kappa shape index (κ2) is 3.91. The van der Waals surface area contributed by atoms with E-state index in [4.69, 9.17) is 10.2 Å². The molecule has 0 aromatic heterocycles. The first kappa shape index (κ1) is 11.5. The summed E-state index contributed by atoms with van der Waals surface area (Å²) < 4.78 is 0. The minimum Gasteiger partial charge on any atom is -0.481 e. The number of aliphatic hydroxyl groups is 1. The molecule has 8 heteroatoms. The van der Waals surface area contributed by atoms with E-state index in [2.05, 4.69) is 17.2 Å². The van der Waals surface area contributed by atoms with Crippen molar-refractivity contribution in [2.45, 2.75) is 12.1 Å². The topological polar surface area (TPSA) is 110 Å². The second-order valence-corrected chi connectivity index (χ2v) is 3.26. The fourth-order valence-electron chi connectivity index (χ4n) is 1.15. The maximum absolute atomic E-state index is 10.8. The van der Waals surface area contributed by atoms with Gasteiger partial charge in [0.25, 0.3) is 5.72 Å². The van der Waals surface area contributed by atoms with Crippen molar-refractivity contribution >= 4 is 35.5 Å². The van der Waals surface area contributed by atoms with Crippen LogP contribution in [0, 0.1) is 0 Å². The average molecular weight is 232 g/mol. The molecule has 1 atom stereocenters. The molecule has 7 nitrogen and oxygen atoms in total. The van der Waals surface area contributed by atoms with Crippen LogP contribution in [0.15, 0.2) is 4.99 Å². The number of aliphatic imine (C=N–C) groups is 1. The predicted molar refractivity (Wildman–Crippen MR) is 52.6 cm³/mol. The van der Waals surface area contributed by atoms with Crippen molar-refractivity contribution in [3.63, 3.8) is 0 Å². The van der Waals surface area contributed by atoms with Crippen LogP contribution in [0.25, 0.3) is 0 Å². The molecule has 0 saturated carbocycles. The summed E-state index contributed by atoms with van der Waals surface area (Å²) in [5, 5.41) is 26.9. The number of carboxylic acid groups (broad SMARTS) is 2. The smallest absolute Gasteiger partial charge is 0.358 e. The van der Waals surface area contributed by atoms with Crippen LogP contribution in [0.3, 0.4) is 0 Å². The van der Waals surface area contributed by atoms with Crippen LogP contribution in [0.2, 0.25) is 0 Å². The number of hydrogen-bond acceptors (Lipinski definition) is 4. The highest BCUT2D eigenvalue weighted by Crippen LogP contribution is 2.20. The summed E-state index contributed by atoms with van der Waals surface area (Å²) in [5.41, 5.74) is -2.54. The van der Waals surface area contributed by atoms with E-state index in [1.165, 1.54) is 6.21 Å². The van der Waals surface area contributed by atoms with Gasteiger partial charge in [-0.3, -0.25) is 4.79 Å². The van der Waals surface area contributed by atoms with Gasteiger partial charge in [0.05, 0.1) is 6.54 Å². The fraction of sp³-hybridized carbons (Fsp3) is 0.429. The molecule has 0 spiro atoms. The van der Waals surface area contributed by atoms with Crippen molar-refractivity contribution in [2.75, 3.05) is 6.54 Å². The number of rotatable bonds is 4. The number of carboxylic acids is 2. The molecular weight excluding hydrogens is 224 g/mol. The standard InChI is InChI=1S/C7H8N2O5S/c10-4(11)3-7(14,5(12)13)9-2-1-8-6(9)15/h1,14H,2-3H2,(H,10,11)(H,12,13). The lowest BCUT2D eigenvalue weighted by molar-refractivity contribution is -0.179. The third-order valence-corrected chi connectivity index (χ3v) is 2.21. The quantitative estimate of drug-likeness (QED) is 0.528. The summed E-state index contributed by atoms with van der Waals surface area (Å²) in [7, 11) is 0. The monoisotopic (exact) mass is 232 g/mol. The third kappa shape index (κ3) is 2.10. The first-order chi connectivity index (χ1) is 6.88. The molecule has 0 saturated heterocycles. The van der Waals surface area contributed by atoms with Crippen LogP contribution in [-0.2, 0) is 9.59 Å². The van der Waals surface area contributed by atoms with Crippen LogP contribution < -0.4 is 0 Å². The molecule has 0 amide bonds. The molecule has 0 aromatic carbocycles. The van der Waals surface area contributed by atoms with E-state index in [9.17, 15) is 14.7 Å². The minimum atomic E-state index is -2.54. The molecule has 0 bridgehead atoms. The van der Waals surface area contributed by atoms with Crippen molar-refractivity contribution in [3.05, 3.63) is 0 Å². The third-order valence-electron chi connectivity index (χ3n) is 1.88. The Balaban J connectivity index is 2.96. The van der Waals surface area contributed by atoms with Crippen LogP contribution in [-0.4, -0.2) is 55.8 Å². The molecule has 3 N–H and O–H groups in total. The number of thiocarbonyl (C=S) groups is 1. The minimum absolute atomic E-state index is 0.0189. The molecular formula is C7H8N2O5S. The lowest BCUT2D eigenvalue weighted by Crippen LogP contribution is -2.56. The van der Waals surface area contributed by atoms with E-state index >= 15 is 0 Å². The van der Waals surface area contributed by atoms with Crippen molar-refractivity contribution in [2.24, 2.45) is 4.99 Å². The zero-order chi connectivity index (χ0) is 11.6. The molecule has 1 unspecified atom stereocenters. The first-order valence-corrected chi connectivity index (χ1v) is 4.30. The van der Waals surface area contributed by atoms with Gasteiger partial charge in [0.15, 0.2) is 5.11 Å². The Kier molecular flexibility index (Phi) is 3.01. The predicted octanol–water partition coefficient (Wildman–Crippen LogP) is -1.09. The number of carbonyl (C=O) groups is 2. The summed E-state index contributed by atoms with van der Waals surface area (Å²) in [4.78, 5) is 25.7. The summed E-state index contributed by atoms with van der Waals surface area (Å²) in [5.74, 6) is -3.10. The van der Waals surface area contributed by atoms with Gasteiger partial charge in [0.1, 0.15) is 6.42 Å². The highest BCUT2D eigenvalue weighted by molar-refractivity contribution is 7.80. The van der Waals surface area contributed by atoms with Gasteiger partial charge in [0, 0.05) is 6.21 Å². The Bertz CT molecular complexity index is 355. The molecule has 0 radical (unpaired) electrons. The largest absolute Gasteiger partial charge is 0.481 e. The lowest BCUT2D eigenvalue weighted by Gasteiger charge is -2.31. The molecule has 1 rings (SSSR count). The van der Waals surface area contributed by atoms with Crippen LogP contribution >= 0.6 is 12.2 Å². The van der Waals surface area contributed by atoms with Crippen molar-refractivity contribution in [3.8, 4) is 0 Å². The molecule has 15 heavy (non-hydrogen) atoms. The lowest BCUT2D eigenvalue weighted by atomic mass is 10.1. The van der Waals surface area contributed by atoms with E-state index < -0.39 is 24.1 Å². The highest BCUT2D eigenvalue weighted by atomic mass is 32.1. The van der Waals surface area contributed by atoms with Gasteiger partial charge >= 0.3 is 11.9 Å². The zero-order valence-corrected chi connectivity index (χ0v) is 8.27. The SMILES string of the molecule is O=C(O)CC(O)(C(=O)O)N1CC=NC1=S. The van der Waals surface area contributed by atoms with E-state index in [0.717, 1.165) is 4.90 Å². The highest BCUT2D eigenvalue weighted by Gasteiger charge is 2.46.